The van der Waals surface area contributed by atoms with Crippen molar-refractivity contribution in [3.63, 3.8) is 0 Å². The molecular weight excluding hydrogens is 226 g/mol. The zero-order valence-corrected chi connectivity index (χ0v) is 12.7. The van der Waals surface area contributed by atoms with E-state index in [4.69, 9.17) is 9.84 Å². The van der Waals surface area contributed by atoms with Crippen molar-refractivity contribution in [1.29, 1.82) is 0 Å². The van der Waals surface area contributed by atoms with Crippen LogP contribution < -0.4 is 0 Å². The Morgan fingerprint density at radius 3 is 2.22 bits per heavy atom. The molecule has 0 aromatic rings. The molecule has 18 heavy (non-hydrogen) atoms. The highest BCUT2D eigenvalue weighted by molar-refractivity contribution is 4.62. The normalized spacial score (nSPS) is 11.7. The van der Waals surface area contributed by atoms with E-state index in [-0.39, 0.29) is 6.61 Å². The van der Waals surface area contributed by atoms with Gasteiger partial charge < -0.3 is 9.84 Å². The van der Waals surface area contributed by atoms with Crippen molar-refractivity contribution in [2.45, 2.75) is 65.3 Å². The number of hydrogen-bond donors (Lipinski definition) is 1. The number of unbranched alkanes of at least 4 members (excludes halogenated alkanes) is 5. The number of ether oxygens (including phenoxy) is 1. The fourth-order valence-electron chi connectivity index (χ4n) is 2.07. The lowest BCUT2D eigenvalue weighted by Crippen LogP contribution is -2.35. The molecule has 0 radical (unpaired) electrons. The van der Waals surface area contributed by atoms with Gasteiger partial charge in [0.25, 0.3) is 0 Å². The molecule has 0 aliphatic carbocycles. The first-order valence-corrected chi connectivity index (χ1v) is 7.65. The second-order valence-corrected chi connectivity index (χ2v) is 5.23. The Kier molecular flexibility index (Phi) is 13.2. The zero-order valence-electron chi connectivity index (χ0n) is 12.7. The number of hydrogen-bond acceptors (Lipinski definition) is 3. The maximum Gasteiger partial charge on any atom is 0.0698 e. The Hall–Kier alpha value is -0.120. The van der Waals surface area contributed by atoms with Crippen molar-refractivity contribution in [3.8, 4) is 0 Å². The molecule has 3 heteroatoms. The summed E-state index contributed by atoms with van der Waals surface area (Å²) >= 11 is 0. The summed E-state index contributed by atoms with van der Waals surface area (Å²) in [5.41, 5.74) is 0. The monoisotopic (exact) mass is 259 g/mol. The van der Waals surface area contributed by atoms with E-state index in [1.807, 2.05) is 0 Å². The van der Waals surface area contributed by atoms with Crippen molar-refractivity contribution in [2.75, 3.05) is 32.9 Å². The van der Waals surface area contributed by atoms with Gasteiger partial charge in [0, 0.05) is 12.6 Å². The third-order valence-corrected chi connectivity index (χ3v) is 3.29. The van der Waals surface area contributed by atoms with Crippen LogP contribution in [0.4, 0.5) is 0 Å². The van der Waals surface area contributed by atoms with Crippen molar-refractivity contribution >= 4 is 0 Å². The molecule has 110 valence electrons. The minimum atomic E-state index is 0.124. The van der Waals surface area contributed by atoms with Gasteiger partial charge in [-0.05, 0) is 26.8 Å². The van der Waals surface area contributed by atoms with Gasteiger partial charge in [0.15, 0.2) is 0 Å². The predicted octanol–water partition coefficient (Wildman–Crippen LogP) is 3.07. The van der Waals surface area contributed by atoms with Crippen LogP contribution in [0.25, 0.3) is 0 Å². The van der Waals surface area contributed by atoms with E-state index in [1.54, 1.807) is 0 Å². The summed E-state index contributed by atoms with van der Waals surface area (Å²) in [7, 11) is 0. The van der Waals surface area contributed by atoms with Crippen molar-refractivity contribution < 1.29 is 9.84 Å². The highest BCUT2D eigenvalue weighted by Crippen LogP contribution is 2.07. The van der Waals surface area contributed by atoms with E-state index in [0.717, 1.165) is 13.2 Å². The molecule has 0 aromatic carbocycles. The molecule has 3 nitrogen and oxygen atoms in total. The Morgan fingerprint density at radius 1 is 0.944 bits per heavy atom. The van der Waals surface area contributed by atoms with Crippen LogP contribution in [0.2, 0.25) is 0 Å². The van der Waals surface area contributed by atoms with E-state index >= 15 is 0 Å². The zero-order chi connectivity index (χ0) is 13.6. The first-order chi connectivity index (χ1) is 8.72. The Labute approximate surface area is 114 Å². The van der Waals surface area contributed by atoms with Crippen LogP contribution in [0.3, 0.4) is 0 Å². The van der Waals surface area contributed by atoms with E-state index in [9.17, 15) is 0 Å². The average Bonchev–Trinajstić information content (AvgIpc) is 2.35. The summed E-state index contributed by atoms with van der Waals surface area (Å²) in [5.74, 6) is 0. The molecule has 0 aliphatic heterocycles. The smallest absolute Gasteiger partial charge is 0.0698 e. The van der Waals surface area contributed by atoms with Gasteiger partial charge in [-0.2, -0.15) is 0 Å². The Bertz CT molecular complexity index is 163. The lowest BCUT2D eigenvalue weighted by atomic mass is 10.1. The van der Waals surface area contributed by atoms with E-state index in [0.29, 0.717) is 12.6 Å². The van der Waals surface area contributed by atoms with Crippen LogP contribution in [0.15, 0.2) is 0 Å². The van der Waals surface area contributed by atoms with Gasteiger partial charge in [-0.3, -0.25) is 4.90 Å². The van der Waals surface area contributed by atoms with Gasteiger partial charge in [-0.25, -0.2) is 0 Å². The topological polar surface area (TPSA) is 32.7 Å². The maximum atomic E-state index is 8.65. The number of aliphatic hydroxyl groups is 1. The van der Waals surface area contributed by atoms with Crippen LogP contribution in [-0.4, -0.2) is 49.0 Å². The van der Waals surface area contributed by atoms with Gasteiger partial charge in [0.1, 0.15) is 0 Å². The summed E-state index contributed by atoms with van der Waals surface area (Å²) in [6, 6.07) is 0.582. The van der Waals surface area contributed by atoms with Crippen molar-refractivity contribution in [3.05, 3.63) is 0 Å². The molecule has 0 fully saturated rings. The van der Waals surface area contributed by atoms with Crippen LogP contribution in [0.1, 0.15) is 59.3 Å². The van der Waals surface area contributed by atoms with E-state index < -0.39 is 0 Å². The number of rotatable bonds is 13. The lowest BCUT2D eigenvalue weighted by molar-refractivity contribution is 0.0663. The number of aliphatic hydroxyl groups excluding tert-OH is 1. The second kappa shape index (κ2) is 13.3. The molecule has 0 saturated heterocycles. The summed E-state index contributed by atoms with van der Waals surface area (Å²) in [6.07, 6.45) is 8.10. The lowest BCUT2D eigenvalue weighted by Gasteiger charge is -2.26. The molecule has 0 heterocycles. The first-order valence-electron chi connectivity index (χ1n) is 7.65. The molecule has 0 atom stereocenters. The second-order valence-electron chi connectivity index (χ2n) is 5.23. The highest BCUT2D eigenvalue weighted by Gasteiger charge is 2.08. The average molecular weight is 259 g/mol. The molecule has 0 amide bonds. The van der Waals surface area contributed by atoms with Gasteiger partial charge in [-0.15, -0.1) is 0 Å². The fourth-order valence-corrected chi connectivity index (χ4v) is 2.07. The minimum absolute atomic E-state index is 0.124. The van der Waals surface area contributed by atoms with Crippen molar-refractivity contribution in [2.24, 2.45) is 0 Å². The third-order valence-electron chi connectivity index (χ3n) is 3.29. The van der Waals surface area contributed by atoms with Crippen LogP contribution in [-0.2, 0) is 4.74 Å². The van der Waals surface area contributed by atoms with Gasteiger partial charge in [-0.1, -0.05) is 39.0 Å². The van der Waals surface area contributed by atoms with Crippen LogP contribution in [0, 0.1) is 0 Å². The summed E-state index contributed by atoms with van der Waals surface area (Å²) < 4.78 is 5.33. The van der Waals surface area contributed by atoms with Crippen molar-refractivity contribution in [1.82, 2.24) is 4.90 Å². The molecular formula is C15H33NO2. The van der Waals surface area contributed by atoms with E-state index in [2.05, 4.69) is 25.7 Å². The SMILES string of the molecule is CCCCCCCCN(CCOCCO)C(C)C. The first kappa shape index (κ1) is 17.9. The molecule has 0 saturated carbocycles. The molecule has 0 spiro atoms. The molecule has 0 bridgehead atoms. The maximum absolute atomic E-state index is 8.65. The molecule has 0 rings (SSSR count). The van der Waals surface area contributed by atoms with Crippen LogP contribution >= 0.6 is 0 Å². The summed E-state index contributed by atoms with van der Waals surface area (Å²) in [4.78, 5) is 2.47. The van der Waals surface area contributed by atoms with E-state index in [1.165, 1.54) is 45.1 Å². The minimum Gasteiger partial charge on any atom is -0.394 e. The fraction of sp³-hybridized carbons (Fsp3) is 1.00. The van der Waals surface area contributed by atoms with Crippen LogP contribution in [0.5, 0.6) is 0 Å². The third kappa shape index (κ3) is 11.0. The Balaban J connectivity index is 3.51. The largest absolute Gasteiger partial charge is 0.394 e. The Morgan fingerprint density at radius 2 is 1.61 bits per heavy atom. The number of nitrogens with zero attached hydrogens (tertiary/aromatic N) is 1. The van der Waals surface area contributed by atoms with Gasteiger partial charge in [0.2, 0.25) is 0 Å². The quantitative estimate of drug-likeness (QED) is 0.516. The predicted molar refractivity (Wildman–Crippen MR) is 78.0 cm³/mol. The van der Waals surface area contributed by atoms with Gasteiger partial charge in [0.05, 0.1) is 19.8 Å². The summed E-state index contributed by atoms with van der Waals surface area (Å²) in [5, 5.41) is 8.65. The molecule has 1 N–H and O–H groups in total. The van der Waals surface area contributed by atoms with Gasteiger partial charge >= 0.3 is 0 Å². The molecule has 0 aliphatic rings. The standard InChI is InChI=1S/C15H33NO2/c1-4-5-6-7-8-9-10-16(15(2)3)11-13-18-14-12-17/h15,17H,4-14H2,1-3H3. The summed E-state index contributed by atoms with van der Waals surface area (Å²) in [6.45, 7) is 10.2. The highest BCUT2D eigenvalue weighted by atomic mass is 16.5. The molecule has 0 unspecified atom stereocenters. The molecule has 0 aromatic heterocycles.